The summed E-state index contributed by atoms with van der Waals surface area (Å²) < 4.78 is 9.13. The third-order valence-electron chi connectivity index (χ3n) is 1.99. The van der Waals surface area contributed by atoms with Crippen LogP contribution in [-0.4, -0.2) is 29.5 Å². The molecule has 102 valence electrons. The Morgan fingerprint density at radius 1 is 1.26 bits per heavy atom. The number of ether oxygens (including phenoxy) is 2. The summed E-state index contributed by atoms with van der Waals surface area (Å²) in [6.45, 7) is -0.578. The summed E-state index contributed by atoms with van der Waals surface area (Å²) in [6, 6.07) is 1.57. The van der Waals surface area contributed by atoms with E-state index in [0.29, 0.717) is 6.07 Å². The third-order valence-corrected chi connectivity index (χ3v) is 2.30. The van der Waals surface area contributed by atoms with Gasteiger partial charge in [0.15, 0.2) is 12.4 Å². The van der Waals surface area contributed by atoms with Gasteiger partial charge in [0.1, 0.15) is 5.02 Å². The van der Waals surface area contributed by atoms with Gasteiger partial charge in [-0.1, -0.05) is 11.6 Å². The molecule has 0 aromatic heterocycles. The highest BCUT2D eigenvalue weighted by Gasteiger charge is 2.25. The van der Waals surface area contributed by atoms with Crippen LogP contribution in [0.1, 0.15) is 0 Å². The van der Waals surface area contributed by atoms with Crippen LogP contribution >= 0.6 is 11.6 Å². The lowest BCUT2D eigenvalue weighted by molar-refractivity contribution is -0.394. The van der Waals surface area contributed by atoms with Crippen LogP contribution in [-0.2, 0) is 9.53 Å². The van der Waals surface area contributed by atoms with E-state index >= 15 is 0 Å². The van der Waals surface area contributed by atoms with E-state index in [-0.39, 0.29) is 10.8 Å². The number of rotatable bonds is 5. The lowest BCUT2D eigenvalue weighted by atomic mass is 10.2. The fourth-order valence-electron chi connectivity index (χ4n) is 1.13. The molecule has 0 bridgehead atoms. The fourth-order valence-corrected chi connectivity index (χ4v) is 1.35. The zero-order valence-corrected chi connectivity index (χ0v) is 10.2. The molecule has 0 aliphatic heterocycles. The molecule has 0 saturated carbocycles. The third kappa shape index (κ3) is 3.52. The molecule has 0 radical (unpaired) electrons. The Morgan fingerprint density at radius 2 is 1.84 bits per heavy atom. The highest BCUT2D eigenvalue weighted by molar-refractivity contribution is 6.32. The number of carbonyl (C=O) groups is 1. The van der Waals surface area contributed by atoms with Gasteiger partial charge in [0.2, 0.25) is 0 Å². The van der Waals surface area contributed by atoms with Gasteiger partial charge in [0, 0.05) is 6.07 Å². The lowest BCUT2D eigenvalue weighted by Gasteiger charge is -2.06. The summed E-state index contributed by atoms with van der Waals surface area (Å²) in [7, 11) is 1.11. The normalized spacial score (nSPS) is 9.79. The van der Waals surface area contributed by atoms with Gasteiger partial charge < -0.3 is 9.47 Å². The molecule has 10 heteroatoms. The van der Waals surface area contributed by atoms with Gasteiger partial charge in [-0.15, -0.1) is 0 Å². The molecule has 1 aromatic rings. The second-order valence-corrected chi connectivity index (χ2v) is 3.56. The minimum Gasteiger partial charge on any atom is -0.475 e. The number of nitrogens with zero attached hydrogens (tertiary/aromatic N) is 2. The maximum absolute atomic E-state index is 10.9. The van der Waals surface area contributed by atoms with Crippen molar-refractivity contribution in [2.75, 3.05) is 13.7 Å². The first kappa shape index (κ1) is 14.6. The molecule has 0 aliphatic rings. The molecule has 0 saturated heterocycles. The Morgan fingerprint density at radius 3 is 2.32 bits per heavy atom. The first-order valence-corrected chi connectivity index (χ1v) is 5.06. The summed E-state index contributed by atoms with van der Waals surface area (Å²) in [5.41, 5.74) is -1.29. The van der Waals surface area contributed by atoms with Crippen molar-refractivity contribution in [3.05, 3.63) is 37.4 Å². The predicted octanol–water partition coefficient (Wildman–Crippen LogP) is 1.71. The number of nitro benzene ring substituents is 2. The molecule has 0 fully saturated rings. The largest absolute Gasteiger partial charge is 0.475 e. The SMILES string of the molecule is COC(=O)COc1cc(Cl)c([N+](=O)[O-])cc1[N+](=O)[O-]. The van der Waals surface area contributed by atoms with Crippen molar-refractivity contribution in [1.29, 1.82) is 0 Å². The van der Waals surface area contributed by atoms with Gasteiger partial charge in [0.05, 0.1) is 23.0 Å². The van der Waals surface area contributed by atoms with Crippen LogP contribution in [0.15, 0.2) is 12.1 Å². The topological polar surface area (TPSA) is 122 Å². The maximum Gasteiger partial charge on any atom is 0.343 e. The molecule has 0 N–H and O–H groups in total. The van der Waals surface area contributed by atoms with E-state index in [9.17, 15) is 25.0 Å². The van der Waals surface area contributed by atoms with E-state index in [1.807, 2.05) is 0 Å². The Hall–Kier alpha value is -2.42. The van der Waals surface area contributed by atoms with Crippen molar-refractivity contribution in [2.24, 2.45) is 0 Å². The van der Waals surface area contributed by atoms with Gasteiger partial charge in [-0.2, -0.15) is 0 Å². The number of nitro groups is 2. The van der Waals surface area contributed by atoms with E-state index < -0.39 is 33.8 Å². The van der Waals surface area contributed by atoms with Gasteiger partial charge >= 0.3 is 11.7 Å². The Balaban J connectivity index is 3.16. The average Bonchev–Trinajstić information content (AvgIpc) is 2.34. The second kappa shape index (κ2) is 5.96. The molecule has 0 aliphatic carbocycles. The highest BCUT2D eigenvalue weighted by Crippen LogP contribution is 2.37. The van der Waals surface area contributed by atoms with Crippen LogP contribution in [0.4, 0.5) is 11.4 Å². The van der Waals surface area contributed by atoms with Crippen molar-refractivity contribution in [3.8, 4) is 5.75 Å². The molecule has 1 rings (SSSR count). The zero-order chi connectivity index (χ0) is 14.6. The van der Waals surface area contributed by atoms with Gasteiger partial charge in [-0.05, 0) is 0 Å². The van der Waals surface area contributed by atoms with Crippen LogP contribution in [0, 0.1) is 20.2 Å². The second-order valence-electron chi connectivity index (χ2n) is 3.15. The summed E-state index contributed by atoms with van der Waals surface area (Å²) >= 11 is 5.59. The van der Waals surface area contributed by atoms with E-state index in [4.69, 9.17) is 16.3 Å². The molecule has 0 spiro atoms. The Bertz CT molecular complexity index is 546. The summed E-state index contributed by atoms with van der Waals surface area (Å²) in [5, 5.41) is 21.0. The molecular formula is C9H7ClN2O7. The molecular weight excluding hydrogens is 284 g/mol. The lowest BCUT2D eigenvalue weighted by Crippen LogP contribution is -2.13. The fraction of sp³-hybridized carbons (Fsp3) is 0.222. The molecule has 0 unspecified atom stereocenters. The standard InChI is InChI=1S/C9H7ClN2O7/c1-18-9(13)4-19-8-2-5(10)6(11(14)15)3-7(8)12(16)17/h2-3H,4H2,1H3. The van der Waals surface area contributed by atoms with E-state index in [1.54, 1.807) is 0 Å². The van der Waals surface area contributed by atoms with Crippen LogP contribution in [0.5, 0.6) is 5.75 Å². The zero-order valence-electron chi connectivity index (χ0n) is 9.49. The number of carbonyl (C=O) groups excluding carboxylic acids is 1. The summed E-state index contributed by atoms with van der Waals surface area (Å²) in [5.74, 6) is -1.12. The molecule has 0 heterocycles. The van der Waals surface area contributed by atoms with E-state index in [2.05, 4.69) is 4.74 Å². The summed E-state index contributed by atoms with van der Waals surface area (Å²) in [6.07, 6.45) is 0. The number of hydrogen-bond acceptors (Lipinski definition) is 7. The van der Waals surface area contributed by atoms with Crippen molar-refractivity contribution in [2.45, 2.75) is 0 Å². The molecule has 9 nitrogen and oxygen atoms in total. The minimum absolute atomic E-state index is 0.338. The molecule has 0 amide bonds. The Labute approximate surface area is 111 Å². The van der Waals surface area contributed by atoms with Gasteiger partial charge in [0.25, 0.3) is 5.69 Å². The van der Waals surface area contributed by atoms with Gasteiger partial charge in [-0.25, -0.2) is 4.79 Å². The highest BCUT2D eigenvalue weighted by atomic mass is 35.5. The monoisotopic (exact) mass is 290 g/mol. The van der Waals surface area contributed by atoms with E-state index in [1.165, 1.54) is 0 Å². The predicted molar refractivity (Wildman–Crippen MR) is 62.3 cm³/mol. The smallest absolute Gasteiger partial charge is 0.343 e. The molecule has 1 aromatic carbocycles. The number of benzene rings is 1. The Kier molecular flexibility index (Phi) is 4.59. The number of methoxy groups -OCH3 is 1. The van der Waals surface area contributed by atoms with Crippen molar-refractivity contribution in [3.63, 3.8) is 0 Å². The quantitative estimate of drug-likeness (QED) is 0.459. The van der Waals surface area contributed by atoms with Gasteiger partial charge in [-0.3, -0.25) is 20.2 Å². The molecule has 19 heavy (non-hydrogen) atoms. The summed E-state index contributed by atoms with van der Waals surface area (Å²) in [4.78, 5) is 30.5. The molecule has 0 atom stereocenters. The van der Waals surface area contributed by atoms with Crippen molar-refractivity contribution < 1.29 is 24.1 Å². The number of hydrogen-bond donors (Lipinski definition) is 0. The average molecular weight is 291 g/mol. The number of halogens is 1. The van der Waals surface area contributed by atoms with Crippen LogP contribution in [0.3, 0.4) is 0 Å². The van der Waals surface area contributed by atoms with Crippen molar-refractivity contribution >= 4 is 28.9 Å². The first-order chi connectivity index (χ1) is 8.86. The minimum atomic E-state index is -0.879. The van der Waals surface area contributed by atoms with Crippen molar-refractivity contribution in [1.82, 2.24) is 0 Å². The van der Waals surface area contributed by atoms with E-state index in [0.717, 1.165) is 13.2 Å². The number of esters is 1. The van der Waals surface area contributed by atoms with Crippen LogP contribution in [0.2, 0.25) is 5.02 Å². The van der Waals surface area contributed by atoms with Crippen LogP contribution in [0.25, 0.3) is 0 Å². The van der Waals surface area contributed by atoms with Crippen LogP contribution < -0.4 is 4.74 Å². The maximum atomic E-state index is 10.9. The first-order valence-electron chi connectivity index (χ1n) is 4.68.